The molecule has 0 fully saturated rings. The fourth-order valence-corrected chi connectivity index (χ4v) is 1.75. The smallest absolute Gasteiger partial charge is 0.406 e. The summed E-state index contributed by atoms with van der Waals surface area (Å²) in [4.78, 5) is 4.10. The molecule has 0 bridgehead atoms. The lowest BCUT2D eigenvalue weighted by atomic mass is 10.3. The van der Waals surface area contributed by atoms with Crippen molar-refractivity contribution in [3.8, 4) is 11.4 Å². The van der Waals surface area contributed by atoms with E-state index < -0.39 is 6.36 Å². The second-order valence-electron chi connectivity index (χ2n) is 3.89. The molecule has 102 valence electrons. The summed E-state index contributed by atoms with van der Waals surface area (Å²) in [5.41, 5.74) is 1.39. The standard InChI is InChI=1S/C12H7F3N4O/c13-12(14,15)20-9-4-1-3-8(7-9)19-11-10(17-18-19)5-2-6-16-11/h1-7H. The molecule has 0 N–H and O–H groups in total. The number of hydrogen-bond acceptors (Lipinski definition) is 4. The van der Waals surface area contributed by atoms with Crippen LogP contribution >= 0.6 is 0 Å². The number of alkyl halides is 3. The minimum atomic E-state index is -4.73. The molecule has 20 heavy (non-hydrogen) atoms. The van der Waals surface area contributed by atoms with Crippen molar-refractivity contribution in [2.45, 2.75) is 6.36 Å². The predicted octanol–water partition coefficient (Wildman–Crippen LogP) is 2.71. The fraction of sp³-hybridized carbons (Fsp3) is 0.0833. The van der Waals surface area contributed by atoms with Crippen molar-refractivity contribution in [2.75, 3.05) is 0 Å². The summed E-state index contributed by atoms with van der Waals surface area (Å²) in [5.74, 6) is -0.324. The summed E-state index contributed by atoms with van der Waals surface area (Å²) in [5, 5.41) is 7.76. The first-order valence-corrected chi connectivity index (χ1v) is 5.55. The average molecular weight is 280 g/mol. The maximum atomic E-state index is 12.2. The number of hydrogen-bond donors (Lipinski definition) is 0. The van der Waals surface area contributed by atoms with E-state index >= 15 is 0 Å². The van der Waals surface area contributed by atoms with Crippen molar-refractivity contribution < 1.29 is 17.9 Å². The first kappa shape index (κ1) is 12.4. The van der Waals surface area contributed by atoms with E-state index in [1.54, 1.807) is 24.4 Å². The van der Waals surface area contributed by atoms with Gasteiger partial charge in [0.1, 0.15) is 11.3 Å². The molecule has 0 amide bonds. The molecule has 3 aromatic rings. The van der Waals surface area contributed by atoms with Crippen molar-refractivity contribution in [1.29, 1.82) is 0 Å². The van der Waals surface area contributed by atoms with Gasteiger partial charge in [-0.2, -0.15) is 4.68 Å². The first-order valence-electron chi connectivity index (χ1n) is 5.55. The Hall–Kier alpha value is -2.64. The van der Waals surface area contributed by atoms with Crippen molar-refractivity contribution in [1.82, 2.24) is 20.0 Å². The first-order chi connectivity index (χ1) is 9.53. The van der Waals surface area contributed by atoms with Crippen LogP contribution in [0.2, 0.25) is 0 Å². The van der Waals surface area contributed by atoms with E-state index in [1.807, 2.05) is 0 Å². The molecule has 0 aliphatic rings. The highest BCUT2D eigenvalue weighted by Crippen LogP contribution is 2.25. The number of benzene rings is 1. The van der Waals surface area contributed by atoms with Crippen LogP contribution in [0, 0.1) is 0 Å². The lowest BCUT2D eigenvalue weighted by molar-refractivity contribution is -0.274. The zero-order valence-corrected chi connectivity index (χ0v) is 9.87. The van der Waals surface area contributed by atoms with Gasteiger partial charge in [-0.25, -0.2) is 4.98 Å². The molecule has 2 heterocycles. The minimum Gasteiger partial charge on any atom is -0.406 e. The van der Waals surface area contributed by atoms with Gasteiger partial charge in [0.25, 0.3) is 0 Å². The molecular formula is C12H7F3N4O. The Morgan fingerprint density at radius 2 is 1.95 bits per heavy atom. The SMILES string of the molecule is FC(F)(F)Oc1cccc(-n2nnc3cccnc32)c1. The molecule has 0 unspecified atom stereocenters. The summed E-state index contributed by atoms with van der Waals surface area (Å²) in [7, 11) is 0. The van der Waals surface area contributed by atoms with Crippen molar-refractivity contribution in [3.05, 3.63) is 42.6 Å². The Bertz CT molecular complexity index is 754. The third kappa shape index (κ3) is 2.40. The molecular weight excluding hydrogens is 273 g/mol. The van der Waals surface area contributed by atoms with Crippen LogP contribution in [-0.2, 0) is 0 Å². The number of nitrogens with zero attached hydrogens (tertiary/aromatic N) is 4. The van der Waals surface area contributed by atoms with Crippen LogP contribution in [0.15, 0.2) is 42.6 Å². The molecule has 0 saturated heterocycles. The lowest BCUT2D eigenvalue weighted by Gasteiger charge is -2.09. The van der Waals surface area contributed by atoms with E-state index in [-0.39, 0.29) is 5.75 Å². The van der Waals surface area contributed by atoms with Crippen LogP contribution in [0.1, 0.15) is 0 Å². The molecule has 0 aliphatic heterocycles. The number of rotatable bonds is 2. The van der Waals surface area contributed by atoms with E-state index in [0.717, 1.165) is 0 Å². The quantitative estimate of drug-likeness (QED) is 0.724. The lowest BCUT2D eigenvalue weighted by Crippen LogP contribution is -2.17. The number of ether oxygens (including phenoxy) is 1. The Morgan fingerprint density at radius 1 is 1.10 bits per heavy atom. The van der Waals surface area contributed by atoms with E-state index in [4.69, 9.17) is 0 Å². The molecule has 2 aromatic heterocycles. The Balaban J connectivity index is 2.04. The highest BCUT2D eigenvalue weighted by Gasteiger charge is 2.31. The van der Waals surface area contributed by atoms with Crippen LogP contribution < -0.4 is 4.74 Å². The van der Waals surface area contributed by atoms with Gasteiger partial charge >= 0.3 is 6.36 Å². The maximum Gasteiger partial charge on any atom is 0.573 e. The Morgan fingerprint density at radius 3 is 2.75 bits per heavy atom. The van der Waals surface area contributed by atoms with E-state index in [9.17, 15) is 13.2 Å². The molecule has 5 nitrogen and oxygen atoms in total. The zero-order chi connectivity index (χ0) is 14.2. The summed E-state index contributed by atoms with van der Waals surface area (Å²) < 4.78 is 41.8. The van der Waals surface area contributed by atoms with Crippen LogP contribution in [0.25, 0.3) is 16.9 Å². The molecule has 0 atom stereocenters. The predicted molar refractivity (Wildman–Crippen MR) is 63.3 cm³/mol. The molecule has 0 aliphatic carbocycles. The van der Waals surface area contributed by atoms with Crippen LogP contribution in [0.4, 0.5) is 13.2 Å². The van der Waals surface area contributed by atoms with Gasteiger partial charge in [-0.15, -0.1) is 18.3 Å². The number of halogens is 3. The molecule has 3 rings (SSSR count). The largest absolute Gasteiger partial charge is 0.573 e. The van der Waals surface area contributed by atoms with Crippen molar-refractivity contribution in [2.24, 2.45) is 0 Å². The summed E-state index contributed by atoms with van der Waals surface area (Å²) in [6, 6.07) is 8.87. The maximum absolute atomic E-state index is 12.2. The summed E-state index contributed by atoms with van der Waals surface area (Å²) in [6.07, 6.45) is -3.18. The van der Waals surface area contributed by atoms with Crippen LogP contribution in [0.5, 0.6) is 5.75 Å². The molecule has 0 radical (unpaired) electrons. The second kappa shape index (κ2) is 4.48. The highest BCUT2D eigenvalue weighted by atomic mass is 19.4. The third-order valence-electron chi connectivity index (χ3n) is 2.50. The van der Waals surface area contributed by atoms with Crippen LogP contribution in [0.3, 0.4) is 0 Å². The molecule has 0 spiro atoms. The molecule has 1 aromatic carbocycles. The van der Waals surface area contributed by atoms with Gasteiger partial charge in [0.2, 0.25) is 0 Å². The van der Waals surface area contributed by atoms with Gasteiger partial charge in [0.05, 0.1) is 5.69 Å². The number of fused-ring (bicyclic) bond motifs is 1. The van der Waals surface area contributed by atoms with Crippen molar-refractivity contribution >= 4 is 11.2 Å². The topological polar surface area (TPSA) is 52.8 Å². The number of pyridine rings is 1. The van der Waals surface area contributed by atoms with E-state index in [0.29, 0.717) is 16.9 Å². The van der Waals surface area contributed by atoms with Crippen molar-refractivity contribution in [3.63, 3.8) is 0 Å². The molecule has 8 heteroatoms. The van der Waals surface area contributed by atoms with Gasteiger partial charge in [0.15, 0.2) is 5.65 Å². The normalized spacial score (nSPS) is 11.8. The monoisotopic (exact) mass is 280 g/mol. The highest BCUT2D eigenvalue weighted by molar-refractivity contribution is 5.71. The minimum absolute atomic E-state index is 0.324. The van der Waals surface area contributed by atoms with Crippen LogP contribution in [-0.4, -0.2) is 26.3 Å². The zero-order valence-electron chi connectivity index (χ0n) is 9.87. The van der Waals surface area contributed by atoms with Gasteiger partial charge in [-0.05, 0) is 24.3 Å². The Kier molecular flexibility index (Phi) is 2.78. The second-order valence-corrected chi connectivity index (χ2v) is 3.89. The van der Waals surface area contributed by atoms with Gasteiger partial charge in [-0.3, -0.25) is 0 Å². The summed E-state index contributed by atoms with van der Waals surface area (Å²) in [6.45, 7) is 0. The number of aromatic nitrogens is 4. The van der Waals surface area contributed by atoms with Gasteiger partial charge < -0.3 is 4.74 Å². The average Bonchev–Trinajstić information content (AvgIpc) is 2.81. The molecule has 0 saturated carbocycles. The summed E-state index contributed by atoms with van der Waals surface area (Å²) >= 11 is 0. The van der Waals surface area contributed by atoms with E-state index in [2.05, 4.69) is 20.0 Å². The van der Waals surface area contributed by atoms with Gasteiger partial charge in [-0.1, -0.05) is 11.3 Å². The van der Waals surface area contributed by atoms with E-state index in [1.165, 1.54) is 22.9 Å². The Labute approximate surface area is 110 Å². The fourth-order valence-electron chi connectivity index (χ4n) is 1.75. The van der Waals surface area contributed by atoms with Gasteiger partial charge in [0, 0.05) is 12.3 Å². The third-order valence-corrected chi connectivity index (χ3v) is 2.50.